The minimum absolute atomic E-state index is 0.744. The number of rotatable bonds is 0. The smallest absolute Gasteiger partial charge is 0.214 e. The van der Waals surface area contributed by atoms with Crippen molar-refractivity contribution in [2.24, 2.45) is 7.05 Å². The van der Waals surface area contributed by atoms with Gasteiger partial charge in [0.05, 0.1) is 11.1 Å². The predicted molar refractivity (Wildman–Crippen MR) is 58.7 cm³/mol. The molecule has 1 aromatic carbocycles. The fraction of sp³-hybridized carbons (Fsp3) is 0.182. The van der Waals surface area contributed by atoms with Crippen molar-refractivity contribution in [3.8, 4) is 0 Å². The van der Waals surface area contributed by atoms with Gasteiger partial charge in [0.15, 0.2) is 5.69 Å². The largest absolute Gasteiger partial charge is 0.399 e. The van der Waals surface area contributed by atoms with E-state index in [2.05, 4.69) is 4.57 Å². The highest BCUT2D eigenvalue weighted by atomic mass is 14.9. The number of nitrogen functional groups attached to an aromatic ring is 2. The minimum atomic E-state index is 0.744. The molecule has 2 aromatic rings. The zero-order chi connectivity index (χ0) is 10.3. The van der Waals surface area contributed by atoms with Crippen molar-refractivity contribution < 1.29 is 4.57 Å². The lowest BCUT2D eigenvalue weighted by Crippen LogP contribution is -2.33. The third-order valence-electron chi connectivity index (χ3n) is 2.59. The third-order valence-corrected chi connectivity index (χ3v) is 2.59. The number of hydrogen-bond donors (Lipinski definition) is 2. The molecule has 0 aliphatic heterocycles. The molecule has 2 rings (SSSR count). The normalized spacial score (nSPS) is 10.7. The second kappa shape index (κ2) is 2.87. The zero-order valence-corrected chi connectivity index (χ0v) is 8.41. The molecule has 4 N–H and O–H groups in total. The van der Waals surface area contributed by atoms with Crippen LogP contribution in [0.1, 0.15) is 5.69 Å². The van der Waals surface area contributed by atoms with Crippen LogP contribution in [0, 0.1) is 6.92 Å². The van der Waals surface area contributed by atoms with Gasteiger partial charge in [0.1, 0.15) is 7.05 Å². The Hall–Kier alpha value is -1.77. The number of hydrogen-bond acceptors (Lipinski definition) is 2. The van der Waals surface area contributed by atoms with Gasteiger partial charge in [0, 0.05) is 24.7 Å². The summed E-state index contributed by atoms with van der Waals surface area (Å²) in [6.45, 7) is 2.03. The van der Waals surface area contributed by atoms with Gasteiger partial charge in [-0.3, -0.25) is 0 Å². The number of pyridine rings is 1. The molecule has 0 radical (unpaired) electrons. The third kappa shape index (κ3) is 1.18. The Balaban J connectivity index is 2.94. The standard InChI is InChI=1S/C11H13N3/c1-7-5-10(13)9-6-8(12)3-4-11(9)14(7)2/h3-6,13H,12H2,1-2H3/p+1. The van der Waals surface area contributed by atoms with E-state index in [0.29, 0.717) is 0 Å². The maximum absolute atomic E-state index is 5.93. The highest BCUT2D eigenvalue weighted by Gasteiger charge is 2.11. The summed E-state index contributed by atoms with van der Waals surface area (Å²) >= 11 is 0. The Morgan fingerprint density at radius 3 is 2.57 bits per heavy atom. The van der Waals surface area contributed by atoms with E-state index >= 15 is 0 Å². The van der Waals surface area contributed by atoms with Crippen LogP contribution in [-0.4, -0.2) is 0 Å². The minimum Gasteiger partial charge on any atom is -0.399 e. The Labute approximate surface area is 83.0 Å². The first-order valence-electron chi connectivity index (χ1n) is 4.54. The summed E-state index contributed by atoms with van der Waals surface area (Å²) < 4.78 is 2.10. The lowest BCUT2D eigenvalue weighted by atomic mass is 10.1. The summed E-state index contributed by atoms with van der Waals surface area (Å²) in [6.07, 6.45) is 0. The Kier molecular flexibility index (Phi) is 1.81. The van der Waals surface area contributed by atoms with Crippen LogP contribution in [0.25, 0.3) is 10.9 Å². The van der Waals surface area contributed by atoms with E-state index in [1.165, 1.54) is 0 Å². The van der Waals surface area contributed by atoms with Crippen LogP contribution in [-0.2, 0) is 7.05 Å². The number of benzene rings is 1. The average Bonchev–Trinajstić information content (AvgIpc) is 2.14. The van der Waals surface area contributed by atoms with Crippen molar-refractivity contribution in [3.05, 3.63) is 30.0 Å². The van der Waals surface area contributed by atoms with Gasteiger partial charge in [-0.2, -0.15) is 4.57 Å². The molecule has 0 unspecified atom stereocenters. The van der Waals surface area contributed by atoms with E-state index in [9.17, 15) is 0 Å². The van der Waals surface area contributed by atoms with Gasteiger partial charge in [-0.15, -0.1) is 0 Å². The van der Waals surface area contributed by atoms with Gasteiger partial charge >= 0.3 is 0 Å². The SMILES string of the molecule is Cc1cc(N)c2cc(N)ccc2[n+]1C. The topological polar surface area (TPSA) is 55.9 Å². The number of nitrogens with zero attached hydrogens (tertiary/aromatic N) is 1. The molecule has 0 fully saturated rings. The van der Waals surface area contributed by atoms with Crippen LogP contribution in [0.15, 0.2) is 24.3 Å². The van der Waals surface area contributed by atoms with Crippen LogP contribution in [0.3, 0.4) is 0 Å². The summed E-state index contributed by atoms with van der Waals surface area (Å²) in [5.41, 5.74) is 15.4. The Bertz CT molecular complexity index is 503. The van der Waals surface area contributed by atoms with Gasteiger partial charge in [0.2, 0.25) is 5.52 Å². The van der Waals surface area contributed by atoms with Crippen molar-refractivity contribution in [2.75, 3.05) is 11.5 Å². The molecule has 0 bridgehead atoms. The van der Waals surface area contributed by atoms with E-state index in [0.717, 1.165) is 28.0 Å². The molecule has 3 heteroatoms. The van der Waals surface area contributed by atoms with Gasteiger partial charge in [-0.1, -0.05) is 0 Å². The first-order chi connectivity index (χ1) is 6.59. The molecule has 72 valence electrons. The maximum Gasteiger partial charge on any atom is 0.214 e. The Morgan fingerprint density at radius 2 is 1.86 bits per heavy atom. The molecule has 0 saturated heterocycles. The molecule has 1 aromatic heterocycles. The van der Waals surface area contributed by atoms with E-state index in [4.69, 9.17) is 11.5 Å². The maximum atomic E-state index is 5.93. The van der Waals surface area contributed by atoms with Crippen molar-refractivity contribution in [1.29, 1.82) is 0 Å². The summed E-state index contributed by atoms with van der Waals surface area (Å²) in [5.74, 6) is 0. The van der Waals surface area contributed by atoms with Gasteiger partial charge in [0.25, 0.3) is 0 Å². The fourth-order valence-corrected chi connectivity index (χ4v) is 1.67. The highest BCUT2D eigenvalue weighted by Crippen LogP contribution is 2.21. The van der Waals surface area contributed by atoms with Crippen molar-refractivity contribution >= 4 is 22.3 Å². The van der Waals surface area contributed by atoms with Gasteiger partial charge in [-0.05, 0) is 12.1 Å². The van der Waals surface area contributed by atoms with Gasteiger partial charge in [-0.25, -0.2) is 0 Å². The molecule has 0 atom stereocenters. The average molecular weight is 188 g/mol. The van der Waals surface area contributed by atoms with Crippen LogP contribution < -0.4 is 16.0 Å². The molecule has 0 aliphatic rings. The number of fused-ring (bicyclic) bond motifs is 1. The van der Waals surface area contributed by atoms with Crippen molar-refractivity contribution in [1.82, 2.24) is 0 Å². The monoisotopic (exact) mass is 188 g/mol. The molecule has 0 spiro atoms. The first kappa shape index (κ1) is 8.81. The predicted octanol–water partition coefficient (Wildman–Crippen LogP) is 1.14. The summed E-state index contributed by atoms with van der Waals surface area (Å²) in [6, 6.07) is 7.75. The second-order valence-corrected chi connectivity index (χ2v) is 3.58. The highest BCUT2D eigenvalue weighted by molar-refractivity contribution is 5.90. The van der Waals surface area contributed by atoms with Crippen LogP contribution >= 0.6 is 0 Å². The lowest BCUT2D eigenvalue weighted by molar-refractivity contribution is -0.651. The van der Waals surface area contributed by atoms with E-state index in [1.807, 2.05) is 38.2 Å². The number of aromatic nitrogens is 1. The molecule has 14 heavy (non-hydrogen) atoms. The molecule has 0 amide bonds. The Morgan fingerprint density at radius 1 is 1.14 bits per heavy atom. The molecule has 0 saturated carbocycles. The van der Waals surface area contributed by atoms with E-state index < -0.39 is 0 Å². The summed E-state index contributed by atoms with van der Waals surface area (Å²) in [4.78, 5) is 0. The number of anilines is 2. The zero-order valence-electron chi connectivity index (χ0n) is 8.41. The van der Waals surface area contributed by atoms with E-state index in [-0.39, 0.29) is 0 Å². The first-order valence-corrected chi connectivity index (χ1v) is 4.54. The molecular formula is C11H14N3+. The van der Waals surface area contributed by atoms with E-state index in [1.54, 1.807) is 0 Å². The molecular weight excluding hydrogens is 174 g/mol. The lowest BCUT2D eigenvalue weighted by Gasteiger charge is -2.03. The number of aryl methyl sites for hydroxylation is 2. The molecule has 0 aliphatic carbocycles. The fourth-order valence-electron chi connectivity index (χ4n) is 1.67. The summed E-state index contributed by atoms with van der Waals surface area (Å²) in [5, 5.41) is 1.01. The van der Waals surface area contributed by atoms with Crippen LogP contribution in [0.2, 0.25) is 0 Å². The quantitative estimate of drug-likeness (QED) is 0.481. The van der Waals surface area contributed by atoms with Crippen molar-refractivity contribution in [3.63, 3.8) is 0 Å². The summed E-state index contributed by atoms with van der Waals surface area (Å²) in [7, 11) is 2.02. The second-order valence-electron chi connectivity index (χ2n) is 3.58. The molecule has 1 heterocycles. The molecule has 3 nitrogen and oxygen atoms in total. The van der Waals surface area contributed by atoms with Crippen LogP contribution in [0.5, 0.6) is 0 Å². The van der Waals surface area contributed by atoms with Crippen molar-refractivity contribution in [2.45, 2.75) is 6.92 Å². The van der Waals surface area contributed by atoms with Crippen LogP contribution in [0.4, 0.5) is 11.4 Å². The number of nitrogens with two attached hydrogens (primary N) is 2. The van der Waals surface area contributed by atoms with Gasteiger partial charge < -0.3 is 11.5 Å².